The minimum Gasteiger partial charge on any atom is -0.454 e. The summed E-state index contributed by atoms with van der Waals surface area (Å²) in [5, 5.41) is 5.28. The molecule has 0 bridgehead atoms. The van der Waals surface area contributed by atoms with E-state index in [9.17, 15) is 24.0 Å². The summed E-state index contributed by atoms with van der Waals surface area (Å²) in [6, 6.07) is 10.5. The van der Waals surface area contributed by atoms with Gasteiger partial charge in [-0.3, -0.25) is 14.5 Å². The highest BCUT2D eigenvalue weighted by Gasteiger charge is 2.47. The van der Waals surface area contributed by atoms with Crippen LogP contribution in [-0.4, -0.2) is 117 Å². The van der Waals surface area contributed by atoms with Gasteiger partial charge in [-0.15, -0.1) is 0 Å². The SMILES string of the molecule is COC(=O)N[C@H](C(=O)N1CC(OC(=O)N2Cc3cc4c(cc3C2)OCO4)CC1c1ncc(-c2ccc3c(c2)C(F)(F)c2cc(-c4cnc([C@@H]5CCCN5C(=O)[C@@H](NC(=O)OC)C(C)C)[nH]4)ccc2-3)[nH]1)C(C)C. The second kappa shape index (κ2) is 18.8. The van der Waals surface area contributed by atoms with E-state index in [1.54, 1.807) is 54.1 Å². The average Bonchev–Trinajstić information content (AvgIpc) is 4.24. The summed E-state index contributed by atoms with van der Waals surface area (Å²) in [5.74, 6) is -2.58. The maximum atomic E-state index is 16.7. The van der Waals surface area contributed by atoms with E-state index < -0.39 is 60.4 Å². The highest BCUT2D eigenvalue weighted by atomic mass is 19.3. The first kappa shape index (κ1) is 47.9. The number of halogens is 2. The molecule has 2 fully saturated rings. The molecular weight excluding hydrogens is 937 g/mol. The lowest BCUT2D eigenvalue weighted by molar-refractivity contribution is -0.136. The quantitative estimate of drug-likeness (QED) is 0.0943. The van der Waals surface area contributed by atoms with Gasteiger partial charge in [0, 0.05) is 48.3 Å². The number of likely N-dealkylation sites (tertiary alicyclic amines) is 2. The molecule has 4 N–H and O–H groups in total. The molecule has 5 amide bonds. The van der Waals surface area contributed by atoms with Crippen LogP contribution in [0.5, 0.6) is 11.5 Å². The molecule has 0 spiro atoms. The van der Waals surface area contributed by atoms with Crippen molar-refractivity contribution in [2.75, 3.05) is 34.1 Å². The van der Waals surface area contributed by atoms with Crippen molar-refractivity contribution < 1.29 is 56.4 Å². The highest BCUT2D eigenvalue weighted by Crippen LogP contribution is 2.53. The zero-order chi connectivity index (χ0) is 50.7. The zero-order valence-corrected chi connectivity index (χ0v) is 40.5. The highest BCUT2D eigenvalue weighted by molar-refractivity contribution is 5.88. The molecule has 19 nitrogen and oxygen atoms in total. The third-order valence-electron chi connectivity index (χ3n) is 14.3. The summed E-state index contributed by atoms with van der Waals surface area (Å²) in [7, 11) is 2.44. The molecule has 5 aliphatic rings. The van der Waals surface area contributed by atoms with Crippen molar-refractivity contribution in [3.63, 3.8) is 0 Å². The molecule has 72 heavy (non-hydrogen) atoms. The fourth-order valence-corrected chi connectivity index (χ4v) is 10.5. The number of nitrogens with zero attached hydrogens (tertiary/aromatic N) is 5. The third kappa shape index (κ3) is 8.67. The Balaban J connectivity index is 0.870. The molecule has 6 heterocycles. The van der Waals surface area contributed by atoms with Crippen LogP contribution in [0.2, 0.25) is 0 Å². The monoisotopic (exact) mass is 991 g/mol. The van der Waals surface area contributed by atoms with Crippen LogP contribution in [0.3, 0.4) is 0 Å². The molecule has 1 aliphatic carbocycles. The number of benzene rings is 3. The molecule has 2 aromatic heterocycles. The largest absolute Gasteiger partial charge is 0.454 e. The molecule has 5 aromatic rings. The maximum Gasteiger partial charge on any atom is 0.410 e. The van der Waals surface area contributed by atoms with Gasteiger partial charge in [0.05, 0.1) is 56.6 Å². The second-order valence-electron chi connectivity index (χ2n) is 19.4. The van der Waals surface area contributed by atoms with Gasteiger partial charge in [-0.05, 0) is 71.2 Å². The number of ether oxygens (including phenoxy) is 5. The van der Waals surface area contributed by atoms with Gasteiger partial charge in [-0.25, -0.2) is 24.4 Å². The fraction of sp³-hybridized carbons (Fsp3) is 0.431. The minimum atomic E-state index is -3.39. The first-order chi connectivity index (χ1) is 34.5. The number of carbonyl (C=O) groups excluding carboxylic acids is 5. The van der Waals surface area contributed by atoms with Crippen molar-refractivity contribution in [3.8, 4) is 45.1 Å². The second-order valence-corrected chi connectivity index (χ2v) is 19.4. The lowest BCUT2D eigenvalue weighted by Crippen LogP contribution is -2.51. The Hall–Kier alpha value is -7.71. The van der Waals surface area contributed by atoms with Gasteiger partial charge in [0.15, 0.2) is 11.5 Å². The summed E-state index contributed by atoms with van der Waals surface area (Å²) in [4.78, 5) is 86.8. The number of nitrogens with one attached hydrogen (secondary N) is 4. The molecule has 5 atom stereocenters. The Morgan fingerprint density at radius 1 is 0.736 bits per heavy atom. The van der Waals surface area contributed by atoms with Gasteiger partial charge in [0.2, 0.25) is 18.6 Å². The predicted molar refractivity (Wildman–Crippen MR) is 253 cm³/mol. The molecular formula is C51H55F2N9O10. The number of imidazole rings is 2. The van der Waals surface area contributed by atoms with E-state index in [2.05, 4.69) is 30.6 Å². The van der Waals surface area contributed by atoms with Crippen LogP contribution in [-0.2, 0) is 42.8 Å². The van der Waals surface area contributed by atoms with Gasteiger partial charge in [0.1, 0.15) is 29.8 Å². The normalized spacial score (nSPS) is 20.0. The smallest absolute Gasteiger partial charge is 0.410 e. The van der Waals surface area contributed by atoms with E-state index in [-0.39, 0.29) is 48.6 Å². The van der Waals surface area contributed by atoms with E-state index in [0.717, 1.165) is 17.5 Å². The molecule has 0 saturated carbocycles. The first-order valence-corrected chi connectivity index (χ1v) is 24.0. The van der Waals surface area contributed by atoms with Crippen molar-refractivity contribution in [3.05, 3.63) is 94.8 Å². The van der Waals surface area contributed by atoms with Crippen molar-refractivity contribution in [1.29, 1.82) is 0 Å². The maximum absolute atomic E-state index is 16.7. The van der Waals surface area contributed by atoms with Gasteiger partial charge >= 0.3 is 18.3 Å². The molecule has 3 aromatic carbocycles. The molecule has 378 valence electrons. The number of alkyl carbamates (subject to hydrolysis) is 2. The zero-order valence-electron chi connectivity index (χ0n) is 40.5. The van der Waals surface area contributed by atoms with Crippen molar-refractivity contribution >= 4 is 30.1 Å². The van der Waals surface area contributed by atoms with Crippen LogP contribution >= 0.6 is 0 Å². The minimum absolute atomic E-state index is 0.00704. The molecule has 4 aliphatic heterocycles. The van der Waals surface area contributed by atoms with E-state index in [1.807, 2.05) is 26.0 Å². The average molecular weight is 992 g/mol. The molecule has 21 heteroatoms. The molecule has 10 rings (SSSR count). The number of hydrogen-bond donors (Lipinski definition) is 4. The number of alkyl halides is 2. The van der Waals surface area contributed by atoms with Crippen LogP contribution in [0.15, 0.2) is 60.9 Å². The summed E-state index contributed by atoms with van der Waals surface area (Å²) >= 11 is 0. The van der Waals surface area contributed by atoms with Crippen LogP contribution in [0.4, 0.5) is 23.2 Å². The van der Waals surface area contributed by atoms with E-state index in [0.29, 0.717) is 82.8 Å². The van der Waals surface area contributed by atoms with E-state index in [4.69, 9.17) is 23.7 Å². The summed E-state index contributed by atoms with van der Waals surface area (Å²) < 4.78 is 60.1. The van der Waals surface area contributed by atoms with Crippen molar-refractivity contribution in [1.82, 2.24) is 45.3 Å². The number of aromatic nitrogens is 4. The summed E-state index contributed by atoms with van der Waals surface area (Å²) in [6.07, 6.45) is 1.78. The number of methoxy groups -OCH3 is 2. The van der Waals surface area contributed by atoms with Crippen molar-refractivity contribution in [2.45, 2.75) is 96.2 Å². The van der Waals surface area contributed by atoms with Crippen molar-refractivity contribution in [2.24, 2.45) is 11.8 Å². The third-order valence-corrected chi connectivity index (χ3v) is 14.3. The van der Waals surface area contributed by atoms with Crippen LogP contribution in [0.25, 0.3) is 33.6 Å². The van der Waals surface area contributed by atoms with Crippen LogP contribution < -0.4 is 20.1 Å². The van der Waals surface area contributed by atoms with E-state index >= 15 is 8.78 Å². The Labute approximate surface area is 412 Å². The number of hydrogen-bond acceptors (Lipinski definition) is 12. The van der Waals surface area contributed by atoms with Gasteiger partial charge in [-0.1, -0.05) is 52.0 Å². The molecule has 2 saturated heterocycles. The van der Waals surface area contributed by atoms with Crippen LogP contribution in [0, 0.1) is 11.8 Å². The topological polar surface area (TPSA) is 223 Å². The van der Waals surface area contributed by atoms with Gasteiger partial charge < -0.3 is 54.1 Å². The number of aromatic amines is 2. The fourth-order valence-electron chi connectivity index (χ4n) is 10.5. The number of carbonyl (C=O) groups is 5. The predicted octanol–water partition coefficient (Wildman–Crippen LogP) is 7.54. The van der Waals surface area contributed by atoms with Gasteiger partial charge in [-0.2, -0.15) is 8.78 Å². The molecule has 2 unspecified atom stereocenters. The van der Waals surface area contributed by atoms with Crippen LogP contribution in [0.1, 0.15) is 92.9 Å². The summed E-state index contributed by atoms with van der Waals surface area (Å²) in [6.45, 7) is 8.42. The van der Waals surface area contributed by atoms with E-state index in [1.165, 1.54) is 37.4 Å². The van der Waals surface area contributed by atoms with Gasteiger partial charge in [0.25, 0.3) is 5.92 Å². The molecule has 0 radical (unpaired) electrons. The number of rotatable bonds is 11. The lowest BCUT2D eigenvalue weighted by Gasteiger charge is -2.30. The Morgan fingerprint density at radius 3 is 1.76 bits per heavy atom. The summed E-state index contributed by atoms with van der Waals surface area (Å²) in [5.41, 5.74) is 4.04. The lowest BCUT2D eigenvalue weighted by atomic mass is 10.0. The number of amides is 5. The Kier molecular flexibility index (Phi) is 12.5. The standard InChI is InChI=1S/C51H55F2N9O10/c1-25(2)42(58-48(65)68-5)46(63)61-13-7-8-38(61)44-54-19-36(56-44)27-9-11-32-33-12-10-28(15-35(33)51(52,53)34(32)14-27)37-20-55-45(57-37)39-18-31(23-62(39)47(64)43(26(3)4)59-49(66)69-6)72-50(67)60-21-29-16-40-41(71-24-70-40)17-30(29)22-60/h9-12,14-17,19-20,25-26,31,38-39,42-43H,7-8,13,18,21-24H2,1-6H3,(H,54,56)(H,55,57)(H,58,65)(H,59,66)/t31?,38-,39?,42-,43-/m0/s1. The number of H-pyrrole nitrogens is 2. The Morgan fingerprint density at radius 2 is 1.25 bits per heavy atom. The first-order valence-electron chi connectivity index (χ1n) is 24.0. The Bertz CT molecular complexity index is 2940. The number of fused-ring (bicyclic) bond motifs is 5.